The molecule has 26 heavy (non-hydrogen) atoms. The van der Waals surface area contributed by atoms with E-state index in [1.165, 1.54) is 0 Å². The summed E-state index contributed by atoms with van der Waals surface area (Å²) in [4.78, 5) is 12.2. The quantitative estimate of drug-likeness (QED) is 0.650. The summed E-state index contributed by atoms with van der Waals surface area (Å²) in [6.45, 7) is 6.09. The van der Waals surface area contributed by atoms with Gasteiger partial charge in [0.25, 0.3) is 0 Å². The van der Waals surface area contributed by atoms with E-state index in [1.807, 2.05) is 45.0 Å². The Kier molecular flexibility index (Phi) is 6.76. The second-order valence-electron chi connectivity index (χ2n) is 6.19. The van der Waals surface area contributed by atoms with E-state index in [1.54, 1.807) is 24.3 Å². The van der Waals surface area contributed by atoms with Crippen LogP contribution in [-0.4, -0.2) is 27.5 Å². The van der Waals surface area contributed by atoms with Crippen LogP contribution in [0.25, 0.3) is 0 Å². The molecule has 0 aliphatic heterocycles. The number of hydrogen-bond donors (Lipinski definition) is 3. The first-order valence-corrected chi connectivity index (χ1v) is 9.94. The highest BCUT2D eigenvalue weighted by Crippen LogP contribution is 2.16. The third kappa shape index (κ3) is 5.57. The lowest BCUT2D eigenvalue weighted by atomic mass is 10.0. The fourth-order valence-corrected chi connectivity index (χ4v) is 3.59. The molecule has 6 nitrogen and oxygen atoms in total. The van der Waals surface area contributed by atoms with Gasteiger partial charge in [0.2, 0.25) is 10.0 Å². The number of nitrogens with one attached hydrogen (secondary N) is 3. The van der Waals surface area contributed by atoms with Crippen LogP contribution in [-0.2, 0) is 10.0 Å². The minimum absolute atomic E-state index is 0.113. The zero-order valence-corrected chi connectivity index (χ0v) is 16.1. The Bertz CT molecular complexity index is 849. The maximum Gasteiger partial charge on any atom is 0.315 e. The number of hydrogen-bond acceptors (Lipinski definition) is 3. The molecule has 0 bridgehead atoms. The molecule has 0 aromatic heterocycles. The number of carbonyl (C=O) groups excluding carboxylic acids is 1. The first kappa shape index (κ1) is 19.9. The van der Waals surface area contributed by atoms with Crippen molar-refractivity contribution in [1.29, 1.82) is 0 Å². The van der Waals surface area contributed by atoms with Crippen LogP contribution < -0.4 is 15.4 Å². The second kappa shape index (κ2) is 8.82. The summed E-state index contributed by atoms with van der Waals surface area (Å²) in [6.07, 6.45) is 0. The van der Waals surface area contributed by atoms with Crippen molar-refractivity contribution in [3.05, 3.63) is 65.2 Å². The lowest BCUT2D eigenvalue weighted by Crippen LogP contribution is -2.41. The van der Waals surface area contributed by atoms with Crippen LogP contribution in [0.4, 0.5) is 4.79 Å². The highest BCUT2D eigenvalue weighted by atomic mass is 32.2. The SMILES string of the molecule is Cc1ccc(S(=O)(=O)NCCNC(=O)N[C@@H](C)c2ccccc2C)cc1. The molecule has 0 aliphatic carbocycles. The minimum Gasteiger partial charge on any atom is -0.337 e. The van der Waals surface area contributed by atoms with Crippen molar-refractivity contribution < 1.29 is 13.2 Å². The van der Waals surface area contributed by atoms with Gasteiger partial charge in [-0.25, -0.2) is 17.9 Å². The number of aryl methyl sites for hydroxylation is 2. The number of carbonyl (C=O) groups is 1. The number of rotatable bonds is 7. The monoisotopic (exact) mass is 375 g/mol. The Labute approximate surface area is 155 Å². The topological polar surface area (TPSA) is 87.3 Å². The second-order valence-corrected chi connectivity index (χ2v) is 7.96. The van der Waals surface area contributed by atoms with Crippen molar-refractivity contribution >= 4 is 16.1 Å². The molecule has 2 aromatic carbocycles. The third-order valence-electron chi connectivity index (χ3n) is 4.04. The van der Waals surface area contributed by atoms with E-state index in [9.17, 15) is 13.2 Å². The molecule has 140 valence electrons. The van der Waals surface area contributed by atoms with E-state index < -0.39 is 10.0 Å². The number of amides is 2. The molecule has 0 radical (unpaired) electrons. The Balaban J connectivity index is 1.78. The van der Waals surface area contributed by atoms with E-state index in [0.29, 0.717) is 0 Å². The molecule has 1 atom stereocenters. The zero-order chi connectivity index (χ0) is 19.2. The van der Waals surface area contributed by atoms with Gasteiger partial charge in [-0.1, -0.05) is 42.0 Å². The van der Waals surface area contributed by atoms with Crippen LogP contribution in [0.15, 0.2) is 53.4 Å². The van der Waals surface area contributed by atoms with Crippen molar-refractivity contribution in [2.45, 2.75) is 31.7 Å². The van der Waals surface area contributed by atoms with Crippen molar-refractivity contribution in [2.75, 3.05) is 13.1 Å². The first-order valence-electron chi connectivity index (χ1n) is 8.46. The molecule has 2 rings (SSSR count). The average molecular weight is 375 g/mol. The van der Waals surface area contributed by atoms with Crippen molar-refractivity contribution in [3.63, 3.8) is 0 Å². The molecule has 0 spiro atoms. The van der Waals surface area contributed by atoms with E-state index in [-0.39, 0.29) is 30.1 Å². The van der Waals surface area contributed by atoms with Gasteiger partial charge < -0.3 is 10.6 Å². The summed E-state index contributed by atoms with van der Waals surface area (Å²) < 4.78 is 26.8. The highest BCUT2D eigenvalue weighted by Gasteiger charge is 2.14. The van der Waals surface area contributed by atoms with Gasteiger partial charge >= 0.3 is 6.03 Å². The van der Waals surface area contributed by atoms with Gasteiger partial charge in [-0.05, 0) is 44.0 Å². The Morgan fingerprint density at radius 3 is 2.31 bits per heavy atom. The molecule has 0 saturated carbocycles. The molecule has 2 aromatic rings. The van der Waals surface area contributed by atoms with Crippen LogP contribution in [0.1, 0.15) is 29.7 Å². The molecule has 0 aliphatic rings. The Morgan fingerprint density at radius 2 is 1.65 bits per heavy atom. The van der Waals surface area contributed by atoms with Gasteiger partial charge in [0.15, 0.2) is 0 Å². The zero-order valence-electron chi connectivity index (χ0n) is 15.2. The van der Waals surface area contributed by atoms with Crippen LogP contribution in [0, 0.1) is 13.8 Å². The molecule has 0 saturated heterocycles. The lowest BCUT2D eigenvalue weighted by molar-refractivity contribution is 0.238. The summed E-state index contributed by atoms with van der Waals surface area (Å²) in [5.74, 6) is 0. The van der Waals surface area contributed by atoms with E-state index in [0.717, 1.165) is 16.7 Å². The number of sulfonamides is 1. The van der Waals surface area contributed by atoms with Gasteiger partial charge in [0, 0.05) is 13.1 Å². The molecule has 0 unspecified atom stereocenters. The molecule has 3 N–H and O–H groups in total. The predicted octanol–water partition coefficient (Wildman–Crippen LogP) is 2.64. The highest BCUT2D eigenvalue weighted by molar-refractivity contribution is 7.89. The largest absolute Gasteiger partial charge is 0.337 e. The maximum absolute atomic E-state index is 12.1. The minimum atomic E-state index is -3.57. The van der Waals surface area contributed by atoms with Gasteiger partial charge in [0.05, 0.1) is 10.9 Å². The van der Waals surface area contributed by atoms with Gasteiger partial charge in [-0.15, -0.1) is 0 Å². The molecular weight excluding hydrogens is 350 g/mol. The normalized spacial score (nSPS) is 12.4. The van der Waals surface area contributed by atoms with Crippen LogP contribution >= 0.6 is 0 Å². The Morgan fingerprint density at radius 1 is 1.00 bits per heavy atom. The summed E-state index contributed by atoms with van der Waals surface area (Å²) in [5, 5.41) is 5.50. The summed E-state index contributed by atoms with van der Waals surface area (Å²) in [7, 11) is -3.57. The summed E-state index contributed by atoms with van der Waals surface area (Å²) in [5.41, 5.74) is 3.14. The van der Waals surface area contributed by atoms with E-state index in [4.69, 9.17) is 0 Å². The molecule has 0 fully saturated rings. The summed E-state index contributed by atoms with van der Waals surface area (Å²) in [6, 6.07) is 14.0. The van der Waals surface area contributed by atoms with Crippen LogP contribution in [0.5, 0.6) is 0 Å². The predicted molar refractivity (Wildman–Crippen MR) is 102 cm³/mol. The first-order chi connectivity index (χ1) is 12.3. The number of urea groups is 1. The lowest BCUT2D eigenvalue weighted by Gasteiger charge is -2.17. The van der Waals surface area contributed by atoms with Crippen LogP contribution in [0.2, 0.25) is 0 Å². The average Bonchev–Trinajstić information content (AvgIpc) is 2.59. The summed E-state index contributed by atoms with van der Waals surface area (Å²) >= 11 is 0. The van der Waals surface area contributed by atoms with Crippen molar-refractivity contribution in [3.8, 4) is 0 Å². The van der Waals surface area contributed by atoms with Crippen molar-refractivity contribution in [1.82, 2.24) is 15.4 Å². The van der Waals surface area contributed by atoms with Crippen LogP contribution in [0.3, 0.4) is 0 Å². The third-order valence-corrected chi connectivity index (χ3v) is 5.51. The number of benzene rings is 2. The van der Waals surface area contributed by atoms with E-state index >= 15 is 0 Å². The maximum atomic E-state index is 12.1. The molecule has 2 amide bonds. The molecular formula is C19H25N3O3S. The standard InChI is InChI=1S/C19H25N3O3S/c1-14-8-10-17(11-9-14)26(24,25)21-13-12-20-19(23)22-16(3)18-7-5-4-6-15(18)2/h4-11,16,21H,12-13H2,1-3H3,(H2,20,22,23)/t16-/m0/s1. The fourth-order valence-electron chi connectivity index (χ4n) is 2.56. The molecule has 7 heteroatoms. The van der Waals surface area contributed by atoms with Gasteiger partial charge in [-0.3, -0.25) is 0 Å². The van der Waals surface area contributed by atoms with Gasteiger partial charge in [0.1, 0.15) is 0 Å². The van der Waals surface area contributed by atoms with Crippen molar-refractivity contribution in [2.24, 2.45) is 0 Å². The Hall–Kier alpha value is -2.38. The fraction of sp³-hybridized carbons (Fsp3) is 0.316. The van der Waals surface area contributed by atoms with Gasteiger partial charge in [-0.2, -0.15) is 0 Å². The van der Waals surface area contributed by atoms with E-state index in [2.05, 4.69) is 15.4 Å². The smallest absolute Gasteiger partial charge is 0.315 e. The molecule has 0 heterocycles.